The van der Waals surface area contributed by atoms with Crippen molar-refractivity contribution < 1.29 is 28.9 Å². The molecule has 1 aliphatic rings. The van der Waals surface area contributed by atoms with E-state index in [-0.39, 0.29) is 17.3 Å². The van der Waals surface area contributed by atoms with Gasteiger partial charge in [-0.1, -0.05) is 12.1 Å². The number of H-pyrrole nitrogens is 1. The fourth-order valence-corrected chi connectivity index (χ4v) is 4.88. The Hall–Kier alpha value is -4.31. The van der Waals surface area contributed by atoms with Gasteiger partial charge < -0.3 is 24.3 Å². The van der Waals surface area contributed by atoms with Crippen molar-refractivity contribution in [3.8, 4) is 17.2 Å². The van der Waals surface area contributed by atoms with Gasteiger partial charge in [0.05, 0.1) is 48.5 Å². The van der Waals surface area contributed by atoms with Gasteiger partial charge in [0.15, 0.2) is 0 Å². The van der Waals surface area contributed by atoms with Gasteiger partial charge in [-0.05, 0) is 64.0 Å². The lowest BCUT2D eigenvalue weighted by Crippen LogP contribution is -2.30. The molecule has 1 amide bonds. The molecule has 1 atom stereocenters. The van der Waals surface area contributed by atoms with Crippen LogP contribution in [0.5, 0.6) is 17.2 Å². The van der Waals surface area contributed by atoms with Crippen LogP contribution in [-0.4, -0.2) is 48.1 Å². The van der Waals surface area contributed by atoms with Crippen LogP contribution in [0, 0.1) is 0 Å². The summed E-state index contributed by atoms with van der Waals surface area (Å²) < 4.78 is 16.4. The highest BCUT2D eigenvalue weighted by molar-refractivity contribution is 9.10. The number of halogens is 1. The molecule has 1 unspecified atom stereocenters. The molecule has 2 heterocycles. The fourth-order valence-electron chi connectivity index (χ4n) is 4.34. The lowest BCUT2D eigenvalue weighted by atomic mass is 9.95. The Morgan fingerprint density at radius 3 is 2.30 bits per heavy atom. The summed E-state index contributed by atoms with van der Waals surface area (Å²) in [6.07, 6.45) is 0. The van der Waals surface area contributed by atoms with Crippen LogP contribution >= 0.6 is 15.9 Å². The van der Waals surface area contributed by atoms with Crippen molar-refractivity contribution in [3.63, 3.8) is 0 Å². The second kappa shape index (κ2) is 9.62. The number of aromatic amines is 1. The van der Waals surface area contributed by atoms with Crippen molar-refractivity contribution in [2.75, 3.05) is 26.2 Å². The molecular weight excluding hydrogens is 542 g/mol. The summed E-state index contributed by atoms with van der Waals surface area (Å²) in [6, 6.07) is 16.1. The second-order valence-corrected chi connectivity index (χ2v) is 9.09. The molecule has 10 heteroatoms. The van der Waals surface area contributed by atoms with Gasteiger partial charge in [0.25, 0.3) is 5.78 Å². The van der Waals surface area contributed by atoms with Crippen LogP contribution in [0.2, 0.25) is 0 Å². The lowest BCUT2D eigenvalue weighted by Gasteiger charge is -2.23. The highest BCUT2D eigenvalue weighted by Crippen LogP contribution is 2.42. The number of ketones is 1. The van der Waals surface area contributed by atoms with Gasteiger partial charge in [0.1, 0.15) is 23.0 Å². The van der Waals surface area contributed by atoms with Gasteiger partial charge in [0.2, 0.25) is 5.95 Å². The number of nitrogens with one attached hydrogen (secondary N) is 1. The molecule has 0 aliphatic carbocycles. The summed E-state index contributed by atoms with van der Waals surface area (Å²) in [7, 11) is 4.63. The average molecular weight is 564 g/mol. The predicted octanol–water partition coefficient (Wildman–Crippen LogP) is 4.98. The molecule has 0 saturated carbocycles. The molecule has 1 aliphatic heterocycles. The zero-order valence-electron chi connectivity index (χ0n) is 20.1. The number of hydrogen-bond acceptors (Lipinski definition) is 7. The number of methoxy groups -OCH3 is 3. The number of imidazole rings is 1. The molecule has 1 aromatic heterocycles. The summed E-state index contributed by atoms with van der Waals surface area (Å²) in [5.41, 5.74) is 2.09. The second-order valence-electron chi connectivity index (χ2n) is 8.24. The Balaban J connectivity index is 1.70. The lowest BCUT2D eigenvalue weighted by molar-refractivity contribution is -0.132. The van der Waals surface area contributed by atoms with E-state index in [2.05, 4.69) is 25.9 Å². The van der Waals surface area contributed by atoms with Crippen molar-refractivity contribution in [1.82, 2.24) is 9.97 Å². The number of benzene rings is 3. The summed E-state index contributed by atoms with van der Waals surface area (Å²) >= 11 is 3.41. The van der Waals surface area contributed by atoms with Crippen LogP contribution in [0.15, 0.2) is 70.7 Å². The first-order valence-corrected chi connectivity index (χ1v) is 12.0. The average Bonchev–Trinajstić information content (AvgIpc) is 3.45. The minimum absolute atomic E-state index is 0.0646. The number of hydrogen-bond donors (Lipinski definition) is 2. The van der Waals surface area contributed by atoms with E-state index in [0.717, 1.165) is 0 Å². The number of carbonyl (C=O) groups is 2. The topological polar surface area (TPSA) is 114 Å². The van der Waals surface area contributed by atoms with E-state index in [1.165, 1.54) is 12.0 Å². The molecule has 0 spiro atoms. The number of Topliss-reactive ketones (excluding diaryl/α,β-unsaturated/α-hetero) is 1. The van der Waals surface area contributed by atoms with Crippen molar-refractivity contribution in [2.45, 2.75) is 6.04 Å². The Labute approximate surface area is 220 Å². The van der Waals surface area contributed by atoms with Gasteiger partial charge in [-0.3, -0.25) is 14.5 Å². The zero-order valence-corrected chi connectivity index (χ0v) is 21.7. The van der Waals surface area contributed by atoms with Crippen LogP contribution < -0.4 is 19.1 Å². The third kappa shape index (κ3) is 4.19. The molecule has 5 rings (SSSR count). The molecule has 188 valence electrons. The highest BCUT2D eigenvalue weighted by Gasteiger charge is 2.48. The van der Waals surface area contributed by atoms with E-state index in [1.54, 1.807) is 74.9 Å². The molecule has 2 N–H and O–H groups in total. The number of carbonyl (C=O) groups excluding carboxylic acids is 2. The SMILES string of the molecule is COc1ccc(C2/C(=C(\O)c3ccc(OC)c(Br)c3)C(=O)C(=O)N2c2nc3ccc(OC)cc3[nH]2)cc1. The predicted molar refractivity (Wildman–Crippen MR) is 141 cm³/mol. The minimum Gasteiger partial charge on any atom is -0.507 e. The number of anilines is 1. The van der Waals surface area contributed by atoms with Crippen LogP contribution in [0.1, 0.15) is 17.2 Å². The summed E-state index contributed by atoms with van der Waals surface area (Å²) in [5.74, 6) is -0.0215. The summed E-state index contributed by atoms with van der Waals surface area (Å²) in [6.45, 7) is 0. The maximum atomic E-state index is 13.4. The first kappa shape index (κ1) is 24.4. The number of rotatable bonds is 6. The normalized spacial score (nSPS) is 16.9. The highest BCUT2D eigenvalue weighted by atomic mass is 79.9. The quantitative estimate of drug-likeness (QED) is 0.193. The molecule has 9 nitrogen and oxygen atoms in total. The van der Waals surface area contributed by atoms with E-state index in [4.69, 9.17) is 14.2 Å². The van der Waals surface area contributed by atoms with Crippen molar-refractivity contribution in [3.05, 3.63) is 81.8 Å². The third-order valence-corrected chi connectivity index (χ3v) is 6.83. The summed E-state index contributed by atoms with van der Waals surface area (Å²) in [5, 5.41) is 11.3. The molecule has 37 heavy (non-hydrogen) atoms. The van der Waals surface area contributed by atoms with E-state index >= 15 is 0 Å². The number of ether oxygens (including phenoxy) is 3. The molecule has 1 saturated heterocycles. The standard InChI is InChI=1S/C27H22BrN3O6/c1-35-16-7-4-14(5-8-16)23-22(24(32)15-6-11-21(37-3)18(28)12-15)25(33)26(34)31(23)27-29-19-10-9-17(36-2)13-20(19)30-27/h4-13,23,32H,1-3H3,(H,29,30)/b24-22+. The van der Waals surface area contributed by atoms with Crippen LogP contribution in [-0.2, 0) is 9.59 Å². The monoisotopic (exact) mass is 563 g/mol. The maximum absolute atomic E-state index is 13.4. The van der Waals surface area contributed by atoms with Crippen LogP contribution in [0.3, 0.4) is 0 Å². The van der Waals surface area contributed by atoms with Crippen LogP contribution in [0.4, 0.5) is 5.95 Å². The first-order valence-electron chi connectivity index (χ1n) is 11.2. The largest absolute Gasteiger partial charge is 0.507 e. The molecule has 3 aromatic carbocycles. The van der Waals surface area contributed by atoms with E-state index in [1.807, 2.05) is 0 Å². The minimum atomic E-state index is -0.950. The van der Waals surface area contributed by atoms with Gasteiger partial charge in [-0.2, -0.15) is 0 Å². The van der Waals surface area contributed by atoms with Gasteiger partial charge in [-0.25, -0.2) is 4.98 Å². The van der Waals surface area contributed by atoms with Crippen molar-refractivity contribution in [1.29, 1.82) is 0 Å². The number of fused-ring (bicyclic) bond motifs is 1. The van der Waals surface area contributed by atoms with Gasteiger partial charge in [-0.15, -0.1) is 0 Å². The van der Waals surface area contributed by atoms with E-state index in [9.17, 15) is 14.7 Å². The maximum Gasteiger partial charge on any atom is 0.302 e. The molecule has 0 radical (unpaired) electrons. The molecule has 0 bridgehead atoms. The molecule has 4 aromatic rings. The van der Waals surface area contributed by atoms with Crippen LogP contribution in [0.25, 0.3) is 16.8 Å². The molecule has 1 fully saturated rings. The third-order valence-electron chi connectivity index (χ3n) is 6.21. The number of aliphatic hydroxyl groups is 1. The Morgan fingerprint density at radius 2 is 1.65 bits per heavy atom. The number of aromatic nitrogens is 2. The zero-order chi connectivity index (χ0) is 26.3. The molecular formula is C27H22BrN3O6. The number of nitrogens with zero attached hydrogens (tertiary/aromatic N) is 2. The van der Waals surface area contributed by atoms with Crippen molar-refractivity contribution in [2.24, 2.45) is 0 Å². The van der Waals surface area contributed by atoms with E-state index < -0.39 is 17.7 Å². The van der Waals surface area contributed by atoms with Crippen molar-refractivity contribution >= 4 is 50.4 Å². The number of aliphatic hydroxyl groups excluding tert-OH is 1. The first-order chi connectivity index (χ1) is 17.9. The number of amides is 1. The smallest absolute Gasteiger partial charge is 0.302 e. The Kier molecular flexibility index (Phi) is 6.34. The summed E-state index contributed by atoms with van der Waals surface area (Å²) in [4.78, 5) is 35.8. The Morgan fingerprint density at radius 1 is 0.946 bits per heavy atom. The van der Waals surface area contributed by atoms with Gasteiger partial charge >= 0.3 is 5.91 Å². The Bertz CT molecular complexity index is 1560. The van der Waals surface area contributed by atoms with E-state index in [0.29, 0.717) is 43.9 Å². The van der Waals surface area contributed by atoms with Gasteiger partial charge in [0, 0.05) is 11.6 Å². The fraction of sp³-hybridized carbons (Fsp3) is 0.148.